The summed E-state index contributed by atoms with van der Waals surface area (Å²) in [6, 6.07) is 8.81. The molecular formula is C19H19N5O3S. The molecule has 28 heavy (non-hydrogen) atoms. The third-order valence-corrected chi connectivity index (χ3v) is 5.85. The first-order valence-corrected chi connectivity index (χ1v) is 10.2. The van der Waals surface area contributed by atoms with E-state index in [1.165, 1.54) is 0 Å². The highest BCUT2D eigenvalue weighted by molar-refractivity contribution is 7.90. The van der Waals surface area contributed by atoms with Gasteiger partial charge in [0, 0.05) is 19.4 Å². The number of nitrogens with zero attached hydrogens (tertiary/aromatic N) is 5. The molecule has 1 aromatic carbocycles. The molecule has 0 aliphatic carbocycles. The molecule has 3 heterocycles. The number of sulfone groups is 1. The van der Waals surface area contributed by atoms with E-state index in [1.807, 2.05) is 25.4 Å². The summed E-state index contributed by atoms with van der Waals surface area (Å²) in [7, 11) is -0.427. The monoisotopic (exact) mass is 397 g/mol. The number of hydrogen-bond donors (Lipinski definition) is 0. The van der Waals surface area contributed by atoms with Crippen LogP contribution in [0.25, 0.3) is 17.0 Å². The van der Waals surface area contributed by atoms with E-state index in [0.717, 1.165) is 5.56 Å². The van der Waals surface area contributed by atoms with Crippen molar-refractivity contribution in [3.8, 4) is 11.6 Å². The van der Waals surface area contributed by atoms with E-state index < -0.39 is 9.84 Å². The number of ether oxygens (including phenoxy) is 1. The van der Waals surface area contributed by atoms with Crippen LogP contribution in [0.1, 0.15) is 11.1 Å². The topological polar surface area (TPSA) is 91.9 Å². The van der Waals surface area contributed by atoms with Gasteiger partial charge in [-0.2, -0.15) is 9.97 Å². The third kappa shape index (κ3) is 3.24. The number of hydrogen-bond acceptors (Lipinski definition) is 6. The highest BCUT2D eigenvalue weighted by Gasteiger charge is 2.23. The van der Waals surface area contributed by atoms with Gasteiger partial charge in [-0.3, -0.25) is 0 Å². The summed E-state index contributed by atoms with van der Waals surface area (Å²) in [5.74, 6) is 0.899. The predicted octanol–water partition coefficient (Wildman–Crippen LogP) is 2.44. The van der Waals surface area contributed by atoms with Crippen molar-refractivity contribution in [2.24, 2.45) is 7.05 Å². The minimum atomic E-state index is -3.76. The van der Waals surface area contributed by atoms with Crippen LogP contribution in [0.5, 0.6) is 5.75 Å². The Kier molecular flexibility index (Phi) is 4.38. The van der Waals surface area contributed by atoms with Crippen LogP contribution in [0, 0.1) is 6.92 Å². The first-order valence-electron chi connectivity index (χ1n) is 8.57. The number of aryl methyl sites for hydroxylation is 2. The van der Waals surface area contributed by atoms with Gasteiger partial charge in [0.1, 0.15) is 5.75 Å². The van der Waals surface area contributed by atoms with Gasteiger partial charge >= 0.3 is 0 Å². The molecule has 144 valence electrons. The molecular weight excluding hydrogens is 378 g/mol. The molecule has 0 atom stereocenters. The summed E-state index contributed by atoms with van der Waals surface area (Å²) in [5, 5.41) is -0.222. The zero-order valence-electron chi connectivity index (χ0n) is 15.7. The molecule has 8 nitrogen and oxygen atoms in total. The molecule has 0 amide bonds. The number of aromatic nitrogens is 5. The van der Waals surface area contributed by atoms with Gasteiger partial charge in [-0.25, -0.2) is 13.4 Å². The zero-order chi connectivity index (χ0) is 19.9. The Hall–Kier alpha value is -3.20. The van der Waals surface area contributed by atoms with Crippen LogP contribution in [-0.4, -0.2) is 39.6 Å². The number of fused-ring (bicyclic) bond motifs is 1. The summed E-state index contributed by atoms with van der Waals surface area (Å²) in [6.07, 6.45) is 5.29. The Balaban J connectivity index is 1.81. The predicted molar refractivity (Wildman–Crippen MR) is 104 cm³/mol. The summed E-state index contributed by atoms with van der Waals surface area (Å²) < 4.78 is 34.6. The Morgan fingerprint density at radius 2 is 1.86 bits per heavy atom. The first-order chi connectivity index (χ1) is 13.4. The molecule has 0 fully saturated rings. The lowest BCUT2D eigenvalue weighted by Gasteiger charge is -2.08. The van der Waals surface area contributed by atoms with E-state index in [2.05, 4.69) is 15.0 Å². The van der Waals surface area contributed by atoms with Gasteiger partial charge in [0.05, 0.1) is 19.2 Å². The molecule has 0 unspecified atom stereocenters. The average molecular weight is 397 g/mol. The summed E-state index contributed by atoms with van der Waals surface area (Å²) in [6.45, 7) is 1.95. The Morgan fingerprint density at radius 1 is 1.11 bits per heavy atom. The van der Waals surface area contributed by atoms with Crippen molar-refractivity contribution in [2.45, 2.75) is 17.8 Å². The lowest BCUT2D eigenvalue weighted by atomic mass is 10.2. The van der Waals surface area contributed by atoms with Crippen molar-refractivity contribution in [2.75, 3.05) is 7.11 Å². The maximum absolute atomic E-state index is 13.0. The molecule has 3 aromatic heterocycles. The van der Waals surface area contributed by atoms with Gasteiger partial charge in [-0.05, 0) is 36.2 Å². The molecule has 4 rings (SSSR count). The molecule has 9 heteroatoms. The summed E-state index contributed by atoms with van der Waals surface area (Å²) in [4.78, 5) is 13.0. The van der Waals surface area contributed by atoms with E-state index in [0.29, 0.717) is 28.3 Å². The van der Waals surface area contributed by atoms with E-state index in [1.54, 1.807) is 53.9 Å². The smallest absolute Gasteiger partial charge is 0.251 e. The Morgan fingerprint density at radius 3 is 2.50 bits per heavy atom. The van der Waals surface area contributed by atoms with Crippen LogP contribution in [0.2, 0.25) is 0 Å². The lowest BCUT2D eigenvalue weighted by molar-refractivity contribution is 0.414. The molecule has 4 aromatic rings. The average Bonchev–Trinajstić information content (AvgIpc) is 3.27. The minimum absolute atomic E-state index is 0.204. The first kappa shape index (κ1) is 18.2. The fourth-order valence-electron chi connectivity index (χ4n) is 2.93. The summed E-state index contributed by atoms with van der Waals surface area (Å²) in [5.41, 5.74) is 2.67. The van der Waals surface area contributed by atoms with Crippen molar-refractivity contribution in [3.05, 3.63) is 60.2 Å². The van der Waals surface area contributed by atoms with Gasteiger partial charge in [-0.15, -0.1) is 0 Å². The number of methoxy groups -OCH3 is 1. The second-order valence-electron chi connectivity index (χ2n) is 6.56. The molecule has 0 spiro atoms. The van der Waals surface area contributed by atoms with Crippen LogP contribution < -0.4 is 4.74 Å². The molecule has 0 bridgehead atoms. The van der Waals surface area contributed by atoms with Crippen molar-refractivity contribution in [3.63, 3.8) is 0 Å². The molecule has 0 radical (unpaired) electrons. The van der Waals surface area contributed by atoms with E-state index in [-0.39, 0.29) is 10.9 Å². The van der Waals surface area contributed by atoms with Crippen molar-refractivity contribution in [1.29, 1.82) is 0 Å². The maximum Gasteiger partial charge on any atom is 0.251 e. The molecule has 0 N–H and O–H groups in total. The highest BCUT2D eigenvalue weighted by Crippen LogP contribution is 2.23. The van der Waals surface area contributed by atoms with Gasteiger partial charge in [0.15, 0.2) is 17.0 Å². The minimum Gasteiger partial charge on any atom is -0.497 e. The Bertz CT molecular complexity index is 1260. The highest BCUT2D eigenvalue weighted by atomic mass is 32.2. The second-order valence-corrected chi connectivity index (χ2v) is 8.44. The van der Waals surface area contributed by atoms with Crippen LogP contribution in [0.15, 0.2) is 54.2 Å². The fraction of sp³-hybridized carbons (Fsp3) is 0.211. The molecule has 0 saturated heterocycles. The van der Waals surface area contributed by atoms with Crippen LogP contribution in [-0.2, 0) is 22.6 Å². The molecule has 0 saturated carbocycles. The number of imidazole rings is 1. The van der Waals surface area contributed by atoms with Crippen molar-refractivity contribution in [1.82, 2.24) is 24.1 Å². The second kappa shape index (κ2) is 6.75. The van der Waals surface area contributed by atoms with Gasteiger partial charge in [0.25, 0.3) is 5.16 Å². The van der Waals surface area contributed by atoms with E-state index in [9.17, 15) is 8.42 Å². The largest absolute Gasteiger partial charge is 0.497 e. The maximum atomic E-state index is 13.0. The quantitative estimate of drug-likeness (QED) is 0.480. The van der Waals surface area contributed by atoms with Crippen molar-refractivity contribution < 1.29 is 13.2 Å². The molecule has 0 aliphatic heterocycles. The van der Waals surface area contributed by atoms with Gasteiger partial charge < -0.3 is 13.9 Å². The number of benzene rings is 1. The SMILES string of the molecule is COc1ccc(CS(=O)(=O)c2nc(-n3ccc(C)c3)c3ncn(C)c3n2)cc1. The zero-order valence-corrected chi connectivity index (χ0v) is 16.5. The van der Waals surface area contributed by atoms with E-state index in [4.69, 9.17) is 4.74 Å². The van der Waals surface area contributed by atoms with Crippen LogP contribution in [0.4, 0.5) is 0 Å². The van der Waals surface area contributed by atoms with E-state index >= 15 is 0 Å². The third-order valence-electron chi connectivity index (χ3n) is 4.40. The van der Waals surface area contributed by atoms with Crippen LogP contribution >= 0.6 is 0 Å². The standard InChI is InChI=1S/C19H19N5O3S/c1-13-8-9-24(10-13)18-16-17(23(2)12-20-16)21-19(22-18)28(25,26)11-14-4-6-15(27-3)7-5-14/h4-10,12H,11H2,1-3H3. The summed E-state index contributed by atoms with van der Waals surface area (Å²) >= 11 is 0. The normalized spacial score (nSPS) is 11.8. The fourth-order valence-corrected chi connectivity index (χ4v) is 4.14. The number of rotatable bonds is 5. The lowest BCUT2D eigenvalue weighted by Crippen LogP contribution is -2.12. The van der Waals surface area contributed by atoms with Crippen molar-refractivity contribution >= 4 is 21.0 Å². The Labute approximate surface area is 162 Å². The molecule has 0 aliphatic rings. The van der Waals surface area contributed by atoms with Gasteiger partial charge in [0.2, 0.25) is 9.84 Å². The van der Waals surface area contributed by atoms with Gasteiger partial charge in [-0.1, -0.05) is 12.1 Å². The van der Waals surface area contributed by atoms with Crippen LogP contribution in [0.3, 0.4) is 0 Å².